The number of para-hydroxylation sites is 1. The normalized spacial score (nSPS) is 13.5. The van der Waals surface area contributed by atoms with Gasteiger partial charge in [0.05, 0.1) is 17.8 Å². The zero-order valence-corrected chi connectivity index (χ0v) is 25.4. The van der Waals surface area contributed by atoms with Crippen molar-refractivity contribution in [1.82, 2.24) is 14.9 Å². The van der Waals surface area contributed by atoms with Crippen LogP contribution in [0.1, 0.15) is 21.5 Å². The number of benzene rings is 3. The van der Waals surface area contributed by atoms with Gasteiger partial charge in [-0.1, -0.05) is 41.4 Å². The Labute approximate surface area is 255 Å². The molecule has 218 valence electrons. The predicted octanol–water partition coefficient (Wildman–Crippen LogP) is 6.95. The average molecular weight is 608 g/mol. The number of aromatic nitrogens is 2. The number of halogens is 2. The van der Waals surface area contributed by atoms with E-state index in [0.717, 1.165) is 48.7 Å². The first-order valence-corrected chi connectivity index (χ1v) is 14.2. The van der Waals surface area contributed by atoms with Crippen molar-refractivity contribution in [3.05, 3.63) is 87.5 Å². The molecule has 3 aromatic carbocycles. The number of hydrogen-bond donors (Lipinski definition) is 2. The molecular formula is C31H32Cl2N6O3. The van der Waals surface area contributed by atoms with Crippen LogP contribution in [-0.2, 0) is 0 Å². The molecule has 2 N–H and O–H groups in total. The number of nitrogens with one attached hydrogen (secondary N) is 2. The molecule has 0 aliphatic carbocycles. The lowest BCUT2D eigenvalue weighted by Gasteiger charge is -2.34. The van der Waals surface area contributed by atoms with Gasteiger partial charge >= 0.3 is 0 Å². The maximum Gasteiger partial charge on any atom is 0.262 e. The molecule has 0 atom stereocenters. The molecule has 1 aliphatic rings. The smallest absolute Gasteiger partial charge is 0.262 e. The van der Waals surface area contributed by atoms with Gasteiger partial charge in [-0.2, -0.15) is 4.98 Å². The number of piperazine rings is 1. The van der Waals surface area contributed by atoms with Gasteiger partial charge in [0.2, 0.25) is 11.8 Å². The van der Waals surface area contributed by atoms with E-state index in [9.17, 15) is 4.79 Å². The van der Waals surface area contributed by atoms with Crippen LogP contribution in [0.15, 0.2) is 60.8 Å². The second kappa shape index (κ2) is 12.9. The number of carbonyl (C=O) groups excluding carboxylic acids is 1. The molecule has 11 heteroatoms. The Morgan fingerprint density at radius 2 is 1.69 bits per heavy atom. The first-order chi connectivity index (χ1) is 20.2. The zero-order valence-electron chi connectivity index (χ0n) is 23.9. The average Bonchev–Trinajstić information content (AvgIpc) is 2.97. The summed E-state index contributed by atoms with van der Waals surface area (Å²) in [6.07, 6.45) is 1.42. The number of rotatable bonds is 8. The van der Waals surface area contributed by atoms with Crippen LogP contribution < -0.4 is 25.0 Å². The molecule has 0 spiro atoms. The molecular weight excluding hydrogens is 575 g/mol. The van der Waals surface area contributed by atoms with E-state index in [2.05, 4.69) is 37.4 Å². The van der Waals surface area contributed by atoms with Crippen LogP contribution in [0, 0.1) is 13.8 Å². The minimum absolute atomic E-state index is 0.0291. The number of ether oxygens (including phenoxy) is 2. The lowest BCUT2D eigenvalue weighted by Crippen LogP contribution is -2.44. The quantitative estimate of drug-likeness (QED) is 0.223. The first-order valence-electron chi connectivity index (χ1n) is 13.5. The number of hydrogen-bond acceptors (Lipinski definition) is 8. The van der Waals surface area contributed by atoms with Gasteiger partial charge in [-0.3, -0.25) is 4.79 Å². The molecule has 5 rings (SSSR count). The molecule has 0 unspecified atom stereocenters. The third-order valence-electron chi connectivity index (χ3n) is 7.10. The predicted molar refractivity (Wildman–Crippen MR) is 168 cm³/mol. The second-order valence-electron chi connectivity index (χ2n) is 10.1. The topological polar surface area (TPSA) is 91.8 Å². The number of nitrogens with zero attached hydrogens (tertiary/aromatic N) is 4. The summed E-state index contributed by atoms with van der Waals surface area (Å²) in [6, 6.07) is 16.5. The van der Waals surface area contributed by atoms with Crippen molar-refractivity contribution in [2.75, 3.05) is 55.9 Å². The number of aryl methyl sites for hydroxylation is 2. The van der Waals surface area contributed by atoms with E-state index in [-0.39, 0.29) is 22.4 Å². The summed E-state index contributed by atoms with van der Waals surface area (Å²) < 4.78 is 11.8. The highest BCUT2D eigenvalue weighted by Crippen LogP contribution is 2.35. The highest BCUT2D eigenvalue weighted by atomic mass is 35.5. The summed E-state index contributed by atoms with van der Waals surface area (Å²) in [5.74, 6) is 0.871. The fraction of sp³-hybridized carbons (Fsp3) is 0.258. The Balaban J connectivity index is 1.45. The highest BCUT2D eigenvalue weighted by Gasteiger charge is 2.21. The Morgan fingerprint density at radius 1 is 0.952 bits per heavy atom. The van der Waals surface area contributed by atoms with E-state index in [4.69, 9.17) is 32.7 Å². The number of amides is 1. The van der Waals surface area contributed by atoms with Gasteiger partial charge in [0.15, 0.2) is 0 Å². The van der Waals surface area contributed by atoms with Crippen molar-refractivity contribution in [2.24, 2.45) is 0 Å². The van der Waals surface area contributed by atoms with Gasteiger partial charge in [-0.25, -0.2) is 4.98 Å². The minimum atomic E-state index is -0.419. The van der Waals surface area contributed by atoms with E-state index in [1.807, 2.05) is 50.2 Å². The molecule has 0 bridgehead atoms. The molecule has 2 heterocycles. The van der Waals surface area contributed by atoms with Crippen molar-refractivity contribution < 1.29 is 14.3 Å². The SMILES string of the molecule is COc1cc(Nc2ncc(C(=O)Nc3c(C)cccc3C)c(Oc3ccc(Cl)cc3Cl)n2)ccc1N1CCN(C)CC1. The van der Waals surface area contributed by atoms with Gasteiger partial charge in [0.1, 0.15) is 17.1 Å². The van der Waals surface area contributed by atoms with Crippen LogP contribution >= 0.6 is 23.2 Å². The number of likely N-dealkylation sites (N-methyl/N-ethyl adjacent to an activating group) is 1. The Bertz CT molecular complexity index is 1590. The molecule has 1 aliphatic heterocycles. The van der Waals surface area contributed by atoms with Gasteiger partial charge in [-0.05, 0) is 62.4 Å². The second-order valence-corrected chi connectivity index (χ2v) is 11.0. The molecule has 0 saturated carbocycles. The zero-order chi connectivity index (χ0) is 29.8. The first kappa shape index (κ1) is 29.4. The van der Waals surface area contributed by atoms with Crippen molar-refractivity contribution in [2.45, 2.75) is 13.8 Å². The lowest BCUT2D eigenvalue weighted by atomic mass is 10.1. The van der Waals surface area contributed by atoms with Crippen LogP contribution in [0.3, 0.4) is 0 Å². The van der Waals surface area contributed by atoms with Crippen LogP contribution in [-0.4, -0.2) is 61.1 Å². The molecule has 1 fully saturated rings. The summed E-state index contributed by atoms with van der Waals surface area (Å²) in [7, 11) is 3.78. The monoisotopic (exact) mass is 606 g/mol. The maximum atomic E-state index is 13.5. The summed E-state index contributed by atoms with van der Waals surface area (Å²) in [5.41, 5.74) is 4.45. The Hall–Kier alpha value is -4.05. The minimum Gasteiger partial charge on any atom is -0.495 e. The van der Waals surface area contributed by atoms with Crippen molar-refractivity contribution >= 4 is 52.1 Å². The molecule has 9 nitrogen and oxygen atoms in total. The van der Waals surface area contributed by atoms with E-state index < -0.39 is 5.91 Å². The van der Waals surface area contributed by atoms with Gasteiger partial charge in [0, 0.05) is 54.8 Å². The van der Waals surface area contributed by atoms with Gasteiger partial charge < -0.3 is 29.9 Å². The molecule has 1 amide bonds. The van der Waals surface area contributed by atoms with Crippen LogP contribution in [0.5, 0.6) is 17.4 Å². The van der Waals surface area contributed by atoms with Crippen LogP contribution in [0.4, 0.5) is 23.0 Å². The molecule has 1 saturated heterocycles. The van der Waals surface area contributed by atoms with E-state index in [0.29, 0.717) is 22.1 Å². The van der Waals surface area contributed by atoms with Crippen LogP contribution in [0.25, 0.3) is 0 Å². The van der Waals surface area contributed by atoms with Crippen LogP contribution in [0.2, 0.25) is 10.0 Å². The van der Waals surface area contributed by atoms with Gasteiger partial charge in [0.25, 0.3) is 5.91 Å². The van der Waals surface area contributed by atoms with Crippen molar-refractivity contribution in [1.29, 1.82) is 0 Å². The summed E-state index contributed by atoms with van der Waals surface area (Å²) in [6.45, 7) is 7.67. The number of carbonyl (C=O) groups is 1. The van der Waals surface area contributed by atoms with E-state index in [1.165, 1.54) is 6.20 Å². The fourth-order valence-electron chi connectivity index (χ4n) is 4.71. The third-order valence-corrected chi connectivity index (χ3v) is 7.63. The molecule has 4 aromatic rings. The van der Waals surface area contributed by atoms with Crippen molar-refractivity contribution in [3.8, 4) is 17.4 Å². The summed E-state index contributed by atoms with van der Waals surface area (Å²) in [4.78, 5) is 27.1. The molecule has 0 radical (unpaired) electrons. The van der Waals surface area contributed by atoms with E-state index in [1.54, 1.807) is 25.3 Å². The summed E-state index contributed by atoms with van der Waals surface area (Å²) >= 11 is 12.5. The Kier molecular flexibility index (Phi) is 9.01. The fourth-order valence-corrected chi connectivity index (χ4v) is 5.15. The number of methoxy groups -OCH3 is 1. The number of anilines is 4. The highest BCUT2D eigenvalue weighted by molar-refractivity contribution is 6.35. The third kappa shape index (κ3) is 6.70. The maximum absolute atomic E-state index is 13.5. The standard InChI is InChI=1S/C31H32Cl2N6O3/c1-19-6-5-7-20(2)28(19)36-29(40)23-18-34-31(37-30(23)42-26-11-8-21(32)16-24(26)33)35-22-9-10-25(27(17-22)41-4)39-14-12-38(3)13-15-39/h5-11,16-18H,12-15H2,1-4H3,(H,36,40)(H,34,35,37). The summed E-state index contributed by atoms with van der Waals surface area (Å²) in [5, 5.41) is 6.91. The van der Waals surface area contributed by atoms with E-state index >= 15 is 0 Å². The van der Waals surface area contributed by atoms with Gasteiger partial charge in [-0.15, -0.1) is 0 Å². The van der Waals surface area contributed by atoms with Crippen molar-refractivity contribution in [3.63, 3.8) is 0 Å². The lowest BCUT2D eigenvalue weighted by molar-refractivity contribution is 0.102. The Morgan fingerprint density at radius 3 is 2.38 bits per heavy atom. The largest absolute Gasteiger partial charge is 0.495 e. The molecule has 1 aromatic heterocycles. The molecule has 42 heavy (non-hydrogen) atoms.